The average molecular weight is 183 g/mol. The van der Waals surface area contributed by atoms with E-state index in [4.69, 9.17) is 4.74 Å². The Morgan fingerprint density at radius 1 is 1.46 bits per heavy atom. The van der Waals surface area contributed by atoms with Crippen LogP contribution in [0.1, 0.15) is 32.6 Å². The van der Waals surface area contributed by atoms with Crippen molar-refractivity contribution < 1.29 is 4.74 Å². The zero-order valence-corrected chi connectivity index (χ0v) is 9.02. The normalized spacial score (nSPS) is 23.0. The van der Waals surface area contributed by atoms with Gasteiger partial charge in [-0.05, 0) is 26.8 Å². The summed E-state index contributed by atoms with van der Waals surface area (Å²) in [5.41, 5.74) is 1.19. The van der Waals surface area contributed by atoms with Gasteiger partial charge in [-0.1, -0.05) is 25.0 Å². The van der Waals surface area contributed by atoms with Crippen LogP contribution in [0, 0.1) is 0 Å². The van der Waals surface area contributed by atoms with Crippen LogP contribution >= 0.6 is 0 Å². The van der Waals surface area contributed by atoms with E-state index in [2.05, 4.69) is 18.8 Å². The van der Waals surface area contributed by atoms with E-state index in [0.29, 0.717) is 6.04 Å². The summed E-state index contributed by atoms with van der Waals surface area (Å²) in [6.07, 6.45) is 4.86. The van der Waals surface area contributed by atoms with E-state index >= 15 is 0 Å². The first-order valence-electron chi connectivity index (χ1n) is 5.04. The van der Waals surface area contributed by atoms with Gasteiger partial charge in [0, 0.05) is 7.11 Å². The Bertz CT molecular complexity index is 183. The summed E-state index contributed by atoms with van der Waals surface area (Å²) in [4.78, 5) is 0. The van der Waals surface area contributed by atoms with Gasteiger partial charge >= 0.3 is 0 Å². The van der Waals surface area contributed by atoms with Crippen LogP contribution in [0.5, 0.6) is 0 Å². The summed E-state index contributed by atoms with van der Waals surface area (Å²) in [7, 11) is 3.80. The Labute approximate surface area is 81.4 Å². The van der Waals surface area contributed by atoms with Crippen LogP contribution in [0.4, 0.5) is 0 Å². The van der Waals surface area contributed by atoms with Crippen molar-refractivity contribution in [2.45, 2.75) is 44.2 Å². The highest BCUT2D eigenvalue weighted by molar-refractivity contribution is 5.13. The van der Waals surface area contributed by atoms with Crippen molar-refractivity contribution in [1.29, 1.82) is 0 Å². The average Bonchev–Trinajstić information content (AvgIpc) is 2.55. The maximum atomic E-state index is 5.69. The molecule has 76 valence electrons. The topological polar surface area (TPSA) is 21.3 Å². The van der Waals surface area contributed by atoms with Crippen molar-refractivity contribution in [2.24, 2.45) is 0 Å². The largest absolute Gasteiger partial charge is 0.376 e. The molecule has 0 saturated heterocycles. The lowest BCUT2D eigenvalue weighted by Gasteiger charge is -2.36. The van der Waals surface area contributed by atoms with Crippen LogP contribution in [-0.2, 0) is 4.74 Å². The van der Waals surface area contributed by atoms with Crippen molar-refractivity contribution in [2.75, 3.05) is 14.2 Å². The van der Waals surface area contributed by atoms with Crippen LogP contribution in [0.25, 0.3) is 0 Å². The molecule has 0 aromatic heterocycles. The second kappa shape index (κ2) is 4.25. The minimum Gasteiger partial charge on any atom is -0.376 e. The van der Waals surface area contributed by atoms with Crippen molar-refractivity contribution >= 4 is 0 Å². The lowest BCUT2D eigenvalue weighted by atomic mass is 9.88. The smallest absolute Gasteiger partial charge is 0.0868 e. The molecule has 0 bridgehead atoms. The third-order valence-electron chi connectivity index (χ3n) is 3.16. The van der Waals surface area contributed by atoms with Gasteiger partial charge in [0.15, 0.2) is 0 Å². The molecular weight excluding hydrogens is 162 g/mol. The molecule has 0 heterocycles. The van der Waals surface area contributed by atoms with Crippen molar-refractivity contribution in [3.63, 3.8) is 0 Å². The van der Waals surface area contributed by atoms with Gasteiger partial charge in [-0.2, -0.15) is 0 Å². The second-order valence-corrected chi connectivity index (χ2v) is 4.04. The molecule has 0 aliphatic heterocycles. The molecule has 1 aliphatic carbocycles. The second-order valence-electron chi connectivity index (χ2n) is 4.04. The third-order valence-corrected chi connectivity index (χ3v) is 3.16. The van der Waals surface area contributed by atoms with Gasteiger partial charge in [-0.25, -0.2) is 0 Å². The summed E-state index contributed by atoms with van der Waals surface area (Å²) in [6.45, 7) is 6.09. The molecule has 13 heavy (non-hydrogen) atoms. The number of hydrogen-bond acceptors (Lipinski definition) is 2. The SMILES string of the molecule is C=C(C)C(NC)C1(OC)CCCC1. The number of likely N-dealkylation sites (N-methyl/N-ethyl adjacent to an activating group) is 1. The Morgan fingerprint density at radius 2 is 2.00 bits per heavy atom. The van der Waals surface area contributed by atoms with Gasteiger partial charge in [-0.3, -0.25) is 0 Å². The molecule has 1 fully saturated rings. The van der Waals surface area contributed by atoms with Crippen LogP contribution in [0.2, 0.25) is 0 Å². The Kier molecular flexibility index (Phi) is 3.51. The van der Waals surface area contributed by atoms with E-state index in [1.165, 1.54) is 18.4 Å². The summed E-state index contributed by atoms with van der Waals surface area (Å²) < 4.78 is 5.69. The highest BCUT2D eigenvalue weighted by Crippen LogP contribution is 2.37. The molecule has 0 aromatic rings. The molecular formula is C11H21NO. The first kappa shape index (κ1) is 10.7. The molecule has 1 rings (SSSR count). The van der Waals surface area contributed by atoms with Crippen LogP contribution in [0.3, 0.4) is 0 Å². The number of hydrogen-bond donors (Lipinski definition) is 1. The van der Waals surface area contributed by atoms with Gasteiger partial charge in [-0.15, -0.1) is 0 Å². The zero-order chi connectivity index (χ0) is 9.90. The molecule has 1 aliphatic rings. The number of rotatable bonds is 4. The third kappa shape index (κ3) is 1.94. The molecule has 2 heteroatoms. The lowest BCUT2D eigenvalue weighted by molar-refractivity contribution is -0.0240. The minimum absolute atomic E-state index is 0.0145. The molecule has 0 aromatic carbocycles. The predicted octanol–water partition coefficient (Wildman–Crippen LogP) is 2.11. The fourth-order valence-corrected chi connectivity index (χ4v) is 2.54. The first-order chi connectivity index (χ1) is 6.16. The Morgan fingerprint density at radius 3 is 2.31 bits per heavy atom. The highest BCUT2D eigenvalue weighted by atomic mass is 16.5. The summed E-state index contributed by atoms with van der Waals surface area (Å²) >= 11 is 0. The lowest BCUT2D eigenvalue weighted by Crippen LogP contribution is -2.49. The summed E-state index contributed by atoms with van der Waals surface area (Å²) in [5, 5.41) is 3.31. The van der Waals surface area contributed by atoms with Crippen molar-refractivity contribution in [3.8, 4) is 0 Å². The molecule has 1 saturated carbocycles. The molecule has 0 spiro atoms. The molecule has 2 nitrogen and oxygen atoms in total. The van der Waals surface area contributed by atoms with E-state index < -0.39 is 0 Å². The zero-order valence-electron chi connectivity index (χ0n) is 9.02. The molecule has 1 atom stereocenters. The Hall–Kier alpha value is -0.340. The molecule has 1 N–H and O–H groups in total. The standard InChI is InChI=1S/C11H21NO/c1-9(2)10(12-3)11(13-4)7-5-6-8-11/h10,12H,1,5-8H2,2-4H3. The highest BCUT2D eigenvalue weighted by Gasteiger charge is 2.41. The minimum atomic E-state index is 0.0145. The molecule has 0 radical (unpaired) electrons. The van der Waals surface area contributed by atoms with Gasteiger partial charge < -0.3 is 10.1 Å². The van der Waals surface area contributed by atoms with Gasteiger partial charge in [0.1, 0.15) is 0 Å². The van der Waals surface area contributed by atoms with Crippen molar-refractivity contribution in [3.05, 3.63) is 12.2 Å². The molecule has 1 unspecified atom stereocenters. The maximum absolute atomic E-state index is 5.69. The summed E-state index contributed by atoms with van der Waals surface area (Å²) in [6, 6.07) is 0.306. The van der Waals surface area contributed by atoms with E-state index in [9.17, 15) is 0 Å². The fourth-order valence-electron chi connectivity index (χ4n) is 2.54. The first-order valence-corrected chi connectivity index (χ1v) is 5.04. The summed E-state index contributed by atoms with van der Waals surface area (Å²) in [5.74, 6) is 0. The number of methoxy groups -OCH3 is 1. The van der Waals surface area contributed by atoms with Crippen LogP contribution in [-0.4, -0.2) is 25.8 Å². The van der Waals surface area contributed by atoms with Crippen molar-refractivity contribution in [1.82, 2.24) is 5.32 Å². The van der Waals surface area contributed by atoms with Gasteiger partial charge in [0.25, 0.3) is 0 Å². The quantitative estimate of drug-likeness (QED) is 0.674. The number of nitrogens with one attached hydrogen (secondary N) is 1. The van der Waals surface area contributed by atoms with E-state index in [1.807, 2.05) is 14.2 Å². The van der Waals surface area contributed by atoms with E-state index in [0.717, 1.165) is 12.8 Å². The van der Waals surface area contributed by atoms with E-state index in [1.54, 1.807) is 0 Å². The number of ether oxygens (including phenoxy) is 1. The maximum Gasteiger partial charge on any atom is 0.0868 e. The fraction of sp³-hybridized carbons (Fsp3) is 0.818. The predicted molar refractivity (Wildman–Crippen MR) is 55.9 cm³/mol. The van der Waals surface area contributed by atoms with Gasteiger partial charge in [0.05, 0.1) is 11.6 Å². The van der Waals surface area contributed by atoms with Gasteiger partial charge in [0.2, 0.25) is 0 Å². The van der Waals surface area contributed by atoms with E-state index in [-0.39, 0.29) is 5.60 Å². The van der Waals surface area contributed by atoms with Crippen LogP contribution in [0.15, 0.2) is 12.2 Å². The molecule has 0 amide bonds. The Balaban J connectivity index is 2.78. The van der Waals surface area contributed by atoms with Crippen LogP contribution < -0.4 is 5.32 Å². The monoisotopic (exact) mass is 183 g/mol.